The first-order chi connectivity index (χ1) is 22.8. The molecule has 0 radical (unpaired) electrons. The molecule has 4 N–H and O–H groups in total. The summed E-state index contributed by atoms with van der Waals surface area (Å²) in [4.78, 5) is 18.4. The van der Waals surface area contributed by atoms with Crippen LogP contribution in [-0.2, 0) is 28.5 Å². The first-order valence-corrected chi connectivity index (χ1v) is 18.0. The lowest BCUT2D eigenvalue weighted by molar-refractivity contribution is -0.296. The zero-order chi connectivity index (χ0) is 38.3. The number of methoxy groups -OCH3 is 2. The lowest BCUT2D eigenvalue weighted by atomic mass is 9.75. The third-order valence-corrected chi connectivity index (χ3v) is 9.88. The maximum Gasteiger partial charge on any atom is 0.311 e. The topological polar surface area (TPSA) is 156 Å². The van der Waals surface area contributed by atoms with Gasteiger partial charge in [-0.3, -0.25) is 9.79 Å². The van der Waals surface area contributed by atoms with Crippen LogP contribution in [0.4, 0.5) is 0 Å². The van der Waals surface area contributed by atoms with Gasteiger partial charge in [-0.15, -0.1) is 11.8 Å². The fraction of sp³-hybridized carbons (Fsp3) is 0.895. The molecule has 2 rings (SSSR count). The Morgan fingerprint density at radius 3 is 1.98 bits per heavy atom. The fourth-order valence-electron chi connectivity index (χ4n) is 7.04. The fourth-order valence-corrected chi connectivity index (χ4v) is 7.04. The van der Waals surface area contributed by atoms with Crippen LogP contribution in [0.25, 0.3) is 0 Å². The number of aliphatic hydroxyl groups is 4. The van der Waals surface area contributed by atoms with Crippen LogP contribution in [0.1, 0.15) is 116 Å². The van der Waals surface area contributed by atoms with Crippen molar-refractivity contribution in [1.82, 2.24) is 0 Å². The van der Waals surface area contributed by atoms with Gasteiger partial charge in [0.15, 0.2) is 6.29 Å². The van der Waals surface area contributed by atoms with Gasteiger partial charge in [0.1, 0.15) is 17.8 Å². The number of carbonyl (C=O) groups is 1. The van der Waals surface area contributed by atoms with Crippen LogP contribution >= 0.6 is 0 Å². The molecule has 288 valence electrons. The SMILES string of the molecule is CC.CC#CC.CC[C@H]1OC(=O)C(C)[C@@H](O[C@H]2C[C@@](C)(OC)[C@@H](O)C(C)O2)[C@H](C)C[C@](C)(O)C[C@@H](C)C(=NCCOC)C(C)C(O)[C@]1(C)O. The van der Waals surface area contributed by atoms with Crippen LogP contribution in [-0.4, -0.2) is 113 Å². The summed E-state index contributed by atoms with van der Waals surface area (Å²) in [5.74, 6) is 2.80. The molecule has 0 aromatic carbocycles. The van der Waals surface area contributed by atoms with Gasteiger partial charge >= 0.3 is 5.97 Å². The molecule has 0 aromatic heterocycles. The first-order valence-electron chi connectivity index (χ1n) is 18.0. The van der Waals surface area contributed by atoms with Crippen LogP contribution in [0.5, 0.6) is 0 Å². The number of ether oxygens (including phenoxy) is 5. The molecule has 0 bridgehead atoms. The third kappa shape index (κ3) is 13.5. The Balaban J connectivity index is 0.00000356. The molecule has 49 heavy (non-hydrogen) atoms. The summed E-state index contributed by atoms with van der Waals surface area (Å²) in [5.41, 5.74) is -3.25. The highest BCUT2D eigenvalue weighted by molar-refractivity contribution is 5.89. The highest BCUT2D eigenvalue weighted by Gasteiger charge is 2.49. The summed E-state index contributed by atoms with van der Waals surface area (Å²) in [6.07, 6.45) is -4.18. The summed E-state index contributed by atoms with van der Waals surface area (Å²) in [6, 6.07) is 0. The Bertz CT molecular complexity index is 1050. The van der Waals surface area contributed by atoms with E-state index in [2.05, 4.69) is 11.8 Å². The van der Waals surface area contributed by atoms with Crippen LogP contribution < -0.4 is 0 Å². The van der Waals surface area contributed by atoms with Crippen molar-refractivity contribution >= 4 is 11.7 Å². The minimum absolute atomic E-state index is 0.227. The molecule has 2 fully saturated rings. The Morgan fingerprint density at radius 1 is 0.918 bits per heavy atom. The van der Waals surface area contributed by atoms with E-state index in [-0.39, 0.29) is 24.7 Å². The van der Waals surface area contributed by atoms with Gasteiger partial charge in [-0.05, 0) is 79.6 Å². The molecule has 2 aliphatic heterocycles. The number of esters is 1. The zero-order valence-corrected chi connectivity index (χ0v) is 33.2. The minimum atomic E-state index is -1.79. The van der Waals surface area contributed by atoms with Crippen molar-refractivity contribution in [3.05, 3.63) is 0 Å². The van der Waals surface area contributed by atoms with Crippen molar-refractivity contribution in [3.63, 3.8) is 0 Å². The molecule has 2 saturated heterocycles. The predicted molar refractivity (Wildman–Crippen MR) is 193 cm³/mol. The standard InChI is InChI=1S/C32H59NO10.C4H6.C2H6/c1-12-23-32(9,38)27(34)20(4)25(33-13-14-39-10)18(2)15-30(7,37)16-19(3)26(21(5)29(36)42-23)43-24-17-31(8,40-11)28(35)22(6)41-24;1-3-4-2;1-2/h18-24,26-28,34-35,37-38H,12-17H2,1-11H3;1-2H3;1-2H3/t18-,19-,20?,21?,22?,23-,24+,26+,27?,28+,30-,31-,32-;;/m1../s1. The molecule has 2 heterocycles. The van der Waals surface area contributed by atoms with E-state index in [0.717, 1.165) is 0 Å². The molecule has 4 unspecified atom stereocenters. The number of cyclic esters (lactones) is 1. The number of carbonyl (C=O) groups excluding carboxylic acids is 1. The third-order valence-electron chi connectivity index (χ3n) is 9.88. The second-order valence-electron chi connectivity index (χ2n) is 14.2. The van der Waals surface area contributed by atoms with Crippen LogP contribution in [0.15, 0.2) is 4.99 Å². The van der Waals surface area contributed by atoms with E-state index in [1.54, 1.807) is 48.7 Å². The van der Waals surface area contributed by atoms with Gasteiger partial charge in [0, 0.05) is 32.3 Å². The summed E-state index contributed by atoms with van der Waals surface area (Å²) >= 11 is 0. The second-order valence-corrected chi connectivity index (χ2v) is 14.2. The number of rotatable bonds is 7. The molecule has 13 atom stereocenters. The maximum absolute atomic E-state index is 13.7. The van der Waals surface area contributed by atoms with Crippen molar-refractivity contribution in [2.45, 2.75) is 169 Å². The minimum Gasteiger partial charge on any atom is -0.459 e. The van der Waals surface area contributed by atoms with Crippen molar-refractivity contribution < 1.29 is 48.9 Å². The van der Waals surface area contributed by atoms with Gasteiger partial charge in [-0.2, -0.15) is 0 Å². The van der Waals surface area contributed by atoms with Gasteiger partial charge < -0.3 is 44.1 Å². The lowest BCUT2D eigenvalue weighted by Crippen LogP contribution is -2.58. The second kappa shape index (κ2) is 21.7. The smallest absolute Gasteiger partial charge is 0.311 e. The molecule has 0 aliphatic carbocycles. The summed E-state index contributed by atoms with van der Waals surface area (Å²) < 4.78 is 29.2. The van der Waals surface area contributed by atoms with Gasteiger partial charge in [-0.1, -0.05) is 41.5 Å². The molecular weight excluding hydrogens is 630 g/mol. The van der Waals surface area contributed by atoms with Crippen LogP contribution in [0, 0.1) is 35.5 Å². The normalized spacial score (nSPS) is 41.4. The molecule has 11 heteroatoms. The van der Waals surface area contributed by atoms with E-state index in [1.165, 1.54) is 14.0 Å². The first kappa shape index (κ1) is 47.4. The average Bonchev–Trinajstić information content (AvgIpc) is 3.05. The van der Waals surface area contributed by atoms with E-state index >= 15 is 0 Å². The maximum atomic E-state index is 13.7. The van der Waals surface area contributed by atoms with Crippen molar-refractivity contribution in [2.75, 3.05) is 27.4 Å². The zero-order valence-electron chi connectivity index (χ0n) is 33.2. The Kier molecular flexibility index (Phi) is 21.0. The van der Waals surface area contributed by atoms with Crippen LogP contribution in [0.2, 0.25) is 0 Å². The van der Waals surface area contributed by atoms with Gasteiger partial charge in [0.2, 0.25) is 0 Å². The molecule has 2 aliphatic rings. The number of hydrogen-bond acceptors (Lipinski definition) is 11. The Labute approximate surface area is 297 Å². The summed E-state index contributed by atoms with van der Waals surface area (Å²) in [5, 5.41) is 45.5. The summed E-state index contributed by atoms with van der Waals surface area (Å²) in [7, 11) is 3.11. The van der Waals surface area contributed by atoms with Crippen molar-refractivity contribution in [1.29, 1.82) is 0 Å². The quantitative estimate of drug-likeness (QED) is 0.163. The lowest BCUT2D eigenvalue weighted by Gasteiger charge is -2.46. The Morgan fingerprint density at radius 2 is 1.49 bits per heavy atom. The van der Waals surface area contributed by atoms with Gasteiger partial charge in [0.05, 0.1) is 48.6 Å². The highest BCUT2D eigenvalue weighted by atomic mass is 16.7. The van der Waals surface area contributed by atoms with Crippen LogP contribution in [0.3, 0.4) is 0 Å². The van der Waals surface area contributed by atoms with Gasteiger partial charge in [-0.25, -0.2) is 0 Å². The molecule has 0 amide bonds. The number of hydrogen-bond donors (Lipinski definition) is 4. The molecule has 0 aromatic rings. The highest BCUT2D eigenvalue weighted by Crippen LogP contribution is 2.38. The van der Waals surface area contributed by atoms with E-state index in [0.29, 0.717) is 31.7 Å². The van der Waals surface area contributed by atoms with E-state index in [9.17, 15) is 25.2 Å². The largest absolute Gasteiger partial charge is 0.459 e. The monoisotopic (exact) mass is 702 g/mol. The molecule has 0 saturated carbocycles. The van der Waals surface area contributed by atoms with Gasteiger partial charge in [0.25, 0.3) is 0 Å². The Hall–Kier alpha value is -1.62. The van der Waals surface area contributed by atoms with Crippen molar-refractivity contribution in [2.24, 2.45) is 28.7 Å². The van der Waals surface area contributed by atoms with Crippen molar-refractivity contribution in [3.8, 4) is 11.8 Å². The van der Waals surface area contributed by atoms with E-state index < -0.39 is 71.4 Å². The summed E-state index contributed by atoms with van der Waals surface area (Å²) in [6.45, 7) is 24.3. The molecular formula is C38H71NO10. The molecule has 0 spiro atoms. The van der Waals surface area contributed by atoms with E-state index in [4.69, 9.17) is 28.7 Å². The number of aliphatic hydroxyl groups excluding tert-OH is 2. The number of nitrogens with zero attached hydrogens (tertiary/aromatic N) is 1. The average molecular weight is 702 g/mol. The molecule has 11 nitrogen and oxygen atoms in total. The van der Waals surface area contributed by atoms with E-state index in [1.807, 2.05) is 41.5 Å². The number of aliphatic imine (C=N–C) groups is 1. The predicted octanol–water partition coefficient (Wildman–Crippen LogP) is 4.94.